The van der Waals surface area contributed by atoms with Crippen LogP contribution in [-0.2, 0) is 0 Å². The van der Waals surface area contributed by atoms with Crippen molar-refractivity contribution in [2.24, 2.45) is 0 Å². The Morgan fingerprint density at radius 1 is 0.356 bits per heavy atom. The second-order valence-corrected chi connectivity index (χ2v) is 11.2. The van der Waals surface area contributed by atoms with Crippen LogP contribution in [0.25, 0.3) is 82.5 Å². The summed E-state index contributed by atoms with van der Waals surface area (Å²) in [7, 11) is 0. The van der Waals surface area contributed by atoms with Gasteiger partial charge in [0.05, 0.1) is 42.7 Å². The molecular formula is C42H27N3. The van der Waals surface area contributed by atoms with Crippen LogP contribution in [-0.4, -0.2) is 13.7 Å². The molecule has 45 heavy (non-hydrogen) atoms. The van der Waals surface area contributed by atoms with Gasteiger partial charge in [-0.3, -0.25) is 0 Å². The largest absolute Gasteiger partial charge is 0.309 e. The highest BCUT2D eigenvalue weighted by atomic mass is 15.0. The predicted molar refractivity (Wildman–Crippen MR) is 189 cm³/mol. The van der Waals surface area contributed by atoms with Gasteiger partial charge in [0.2, 0.25) is 0 Å². The second kappa shape index (κ2) is 9.22. The molecule has 0 aliphatic carbocycles. The van der Waals surface area contributed by atoms with Gasteiger partial charge in [-0.15, -0.1) is 0 Å². The van der Waals surface area contributed by atoms with Crippen LogP contribution in [0, 0.1) is 0 Å². The third-order valence-electron chi connectivity index (χ3n) is 8.87. The summed E-state index contributed by atoms with van der Waals surface area (Å²) >= 11 is 0. The minimum Gasteiger partial charge on any atom is -0.309 e. The molecule has 0 N–H and O–H groups in total. The molecule has 0 spiro atoms. The van der Waals surface area contributed by atoms with Crippen LogP contribution >= 0.6 is 0 Å². The number of hydrogen-bond donors (Lipinski definition) is 0. The van der Waals surface area contributed by atoms with Gasteiger partial charge in [-0.2, -0.15) is 0 Å². The van der Waals surface area contributed by atoms with E-state index in [9.17, 15) is 4.11 Å². The maximum Gasteiger partial charge on any atom is 0.0667 e. The number of hydrogen-bond acceptors (Lipinski definition) is 0. The summed E-state index contributed by atoms with van der Waals surface area (Å²) in [4.78, 5) is 0. The Morgan fingerprint density at radius 2 is 0.956 bits per heavy atom. The molecule has 10 rings (SSSR count). The molecule has 0 amide bonds. The first-order valence-electron chi connectivity index (χ1n) is 18.4. The molecule has 0 bridgehead atoms. The van der Waals surface area contributed by atoms with Gasteiger partial charge in [-0.05, 0) is 60.6 Å². The first-order chi connectivity index (χ1) is 25.3. The van der Waals surface area contributed by atoms with Crippen molar-refractivity contribution in [3.05, 3.63) is 164 Å². The minimum absolute atomic E-state index is 0.0561. The Balaban J connectivity index is 1.46. The average molecular weight is 581 g/mol. The van der Waals surface area contributed by atoms with Crippen molar-refractivity contribution < 1.29 is 9.60 Å². The summed E-state index contributed by atoms with van der Waals surface area (Å²) in [6.07, 6.45) is 0. The Kier molecular flexibility index (Phi) is 3.80. The highest BCUT2D eigenvalue weighted by molar-refractivity contribution is 6.26. The van der Waals surface area contributed by atoms with Crippen LogP contribution in [0.15, 0.2) is 164 Å². The van der Waals surface area contributed by atoms with E-state index in [1.54, 1.807) is 4.57 Å². The molecule has 0 aliphatic heterocycles. The van der Waals surface area contributed by atoms with E-state index >= 15 is 0 Å². The van der Waals surface area contributed by atoms with Crippen LogP contribution in [0.1, 0.15) is 9.60 Å². The van der Waals surface area contributed by atoms with Crippen molar-refractivity contribution in [1.29, 1.82) is 0 Å². The number of aromatic nitrogens is 3. The van der Waals surface area contributed by atoms with Gasteiger partial charge >= 0.3 is 0 Å². The van der Waals surface area contributed by atoms with E-state index in [1.807, 2.05) is 89.5 Å². The Morgan fingerprint density at radius 3 is 1.71 bits per heavy atom. The van der Waals surface area contributed by atoms with Crippen molar-refractivity contribution in [2.75, 3.05) is 0 Å². The number of nitrogens with zero attached hydrogens (tertiary/aromatic N) is 3. The summed E-state index contributed by atoms with van der Waals surface area (Å²) in [6.45, 7) is 0. The summed E-state index contributed by atoms with van der Waals surface area (Å²) in [5.74, 6) is 0. The first kappa shape index (κ1) is 18.6. The summed E-state index contributed by atoms with van der Waals surface area (Å²) in [6, 6.07) is 37.8. The Hall–Kier alpha value is -6.06. The molecule has 0 aliphatic rings. The SMILES string of the molecule is [2H]c1c([2H])c([2H])c2c(c1[2H])c1c([2H])c([2H])c(-n3c4ccccc4c4ccc5c(c6ccccc6n5-c5ccccc5)c43)c([2H])c1n2-c1ccccc1. The molecule has 10 aromatic rings. The molecule has 7 aromatic carbocycles. The molecule has 0 fully saturated rings. The normalized spacial score (nSPS) is 14.2. The zero-order chi connectivity index (χ0) is 35.6. The van der Waals surface area contributed by atoms with E-state index < -0.39 is 12.1 Å². The van der Waals surface area contributed by atoms with Crippen molar-refractivity contribution in [1.82, 2.24) is 13.7 Å². The summed E-state index contributed by atoms with van der Waals surface area (Å²) < 4.78 is 70.0. The van der Waals surface area contributed by atoms with Crippen molar-refractivity contribution >= 4 is 65.4 Å². The van der Waals surface area contributed by atoms with Gasteiger partial charge in [0.15, 0.2) is 0 Å². The lowest BCUT2D eigenvalue weighted by molar-refractivity contribution is 1.16. The zero-order valence-corrected chi connectivity index (χ0v) is 23.9. The van der Waals surface area contributed by atoms with E-state index in [4.69, 9.17) is 5.48 Å². The second-order valence-electron chi connectivity index (χ2n) is 11.2. The fourth-order valence-electron chi connectivity index (χ4n) is 7.04. The number of benzene rings is 7. The fraction of sp³-hybridized carbons (Fsp3) is 0. The maximum atomic E-state index is 10.0. The van der Waals surface area contributed by atoms with Gasteiger partial charge in [-0.25, -0.2) is 0 Å². The molecule has 3 nitrogen and oxygen atoms in total. The van der Waals surface area contributed by atoms with Crippen LogP contribution in [0.2, 0.25) is 0 Å². The molecule has 0 atom stereocenters. The highest BCUT2D eigenvalue weighted by Crippen LogP contribution is 2.42. The van der Waals surface area contributed by atoms with Crippen molar-refractivity contribution in [2.45, 2.75) is 0 Å². The lowest BCUT2D eigenvalue weighted by Gasteiger charge is -2.12. The van der Waals surface area contributed by atoms with Gasteiger partial charge in [0.1, 0.15) is 0 Å². The van der Waals surface area contributed by atoms with Crippen LogP contribution < -0.4 is 0 Å². The van der Waals surface area contributed by atoms with Crippen LogP contribution in [0.4, 0.5) is 0 Å². The average Bonchev–Trinajstić information content (AvgIpc) is 3.83. The minimum atomic E-state index is -0.425. The third-order valence-corrected chi connectivity index (χ3v) is 8.87. The maximum absolute atomic E-state index is 10.0. The Bertz CT molecular complexity index is 3140. The van der Waals surface area contributed by atoms with Crippen LogP contribution in [0.3, 0.4) is 0 Å². The lowest BCUT2D eigenvalue weighted by Crippen LogP contribution is -1.97. The van der Waals surface area contributed by atoms with Gasteiger partial charge in [-0.1, -0.05) is 103 Å². The van der Waals surface area contributed by atoms with Crippen LogP contribution in [0.5, 0.6) is 0 Å². The quantitative estimate of drug-likeness (QED) is 0.197. The number of fused-ring (bicyclic) bond motifs is 10. The first-order valence-corrected chi connectivity index (χ1v) is 14.9. The molecule has 0 saturated carbocycles. The standard InChI is InChI=1S/C42H27N3/c1-3-13-28(14-4-1)43-38-22-12-9-19-35(38)41-39(43)26-25-34-32-18-8-11-21-37(32)45(42(34)41)30-23-24-33-31-17-7-10-20-36(31)44(40(33)27-30)29-15-5-2-6-16-29/h1-27H/i7D,10D,17D,20D,23D,24D,27D. The summed E-state index contributed by atoms with van der Waals surface area (Å²) in [5, 5.41) is 4.09. The molecule has 210 valence electrons. The highest BCUT2D eigenvalue weighted by Gasteiger charge is 2.21. The molecule has 3 aromatic heterocycles. The Labute approximate surface area is 269 Å². The fourth-order valence-corrected chi connectivity index (χ4v) is 7.04. The van der Waals surface area contributed by atoms with E-state index in [0.717, 1.165) is 49.3 Å². The topological polar surface area (TPSA) is 14.8 Å². The monoisotopic (exact) mass is 580 g/mol. The van der Waals surface area contributed by atoms with Crippen molar-refractivity contribution in [3.8, 4) is 17.1 Å². The lowest BCUT2D eigenvalue weighted by atomic mass is 10.1. The van der Waals surface area contributed by atoms with E-state index in [0.29, 0.717) is 5.69 Å². The zero-order valence-electron chi connectivity index (χ0n) is 30.9. The molecular weight excluding hydrogens is 546 g/mol. The third kappa shape index (κ3) is 3.35. The molecule has 3 heterocycles. The molecule has 0 saturated heterocycles. The number of para-hydroxylation sites is 5. The summed E-state index contributed by atoms with van der Waals surface area (Å²) in [5.41, 5.74) is 5.73. The molecule has 0 unspecified atom stereocenters. The smallest absolute Gasteiger partial charge is 0.0667 e. The van der Waals surface area contributed by atoms with Crippen molar-refractivity contribution in [3.63, 3.8) is 0 Å². The predicted octanol–water partition coefficient (Wildman–Crippen LogP) is 11.0. The van der Waals surface area contributed by atoms with Gasteiger partial charge in [0, 0.05) is 49.4 Å². The molecule has 3 heteroatoms. The van der Waals surface area contributed by atoms with E-state index in [-0.39, 0.29) is 57.7 Å². The van der Waals surface area contributed by atoms with E-state index in [1.165, 1.54) is 0 Å². The van der Waals surface area contributed by atoms with Gasteiger partial charge < -0.3 is 13.7 Å². The van der Waals surface area contributed by atoms with Gasteiger partial charge in [0.25, 0.3) is 0 Å². The number of rotatable bonds is 3. The molecule has 0 radical (unpaired) electrons. The van der Waals surface area contributed by atoms with E-state index in [2.05, 4.69) is 41.0 Å².